The summed E-state index contributed by atoms with van der Waals surface area (Å²) < 4.78 is 7.57. The number of aromatic nitrogens is 1. The molecule has 0 saturated carbocycles. The number of nitrogens with zero attached hydrogens (tertiary/aromatic N) is 2. The van der Waals surface area contributed by atoms with Crippen molar-refractivity contribution in [2.24, 2.45) is 5.10 Å². The van der Waals surface area contributed by atoms with E-state index in [2.05, 4.69) is 10.5 Å². The van der Waals surface area contributed by atoms with Crippen LogP contribution in [0.4, 0.5) is 0 Å². The lowest BCUT2D eigenvalue weighted by Gasteiger charge is -2.16. The zero-order chi connectivity index (χ0) is 23.8. The summed E-state index contributed by atoms with van der Waals surface area (Å²) in [5.74, 6) is -1.19. The van der Waals surface area contributed by atoms with Gasteiger partial charge in [-0.1, -0.05) is 55.5 Å². The fraction of sp³-hybridized carbons (Fsp3) is 0.148. The number of fused-ring (bicyclic) bond motifs is 4. The zero-order valence-corrected chi connectivity index (χ0v) is 18.8. The van der Waals surface area contributed by atoms with E-state index in [1.807, 2.05) is 79.1 Å². The van der Waals surface area contributed by atoms with Crippen LogP contribution in [0.15, 0.2) is 76.2 Å². The van der Waals surface area contributed by atoms with Crippen LogP contribution in [0.5, 0.6) is 0 Å². The Hall–Kier alpha value is -4.39. The molecule has 0 spiro atoms. The normalized spacial score (nSPS) is 12.6. The van der Waals surface area contributed by atoms with E-state index in [4.69, 9.17) is 4.42 Å². The Kier molecular flexibility index (Phi) is 5.37. The van der Waals surface area contributed by atoms with Crippen molar-refractivity contribution in [3.05, 3.63) is 83.7 Å². The number of hydrazone groups is 1. The Bertz CT molecular complexity index is 1590. The van der Waals surface area contributed by atoms with Gasteiger partial charge < -0.3 is 14.1 Å². The molecule has 34 heavy (non-hydrogen) atoms. The topological polar surface area (TPSA) is 96.8 Å². The molecule has 1 unspecified atom stereocenters. The van der Waals surface area contributed by atoms with Gasteiger partial charge in [0.05, 0.1) is 6.21 Å². The smallest absolute Gasteiger partial charge is 0.326 e. The maximum Gasteiger partial charge on any atom is 0.326 e. The molecule has 170 valence electrons. The van der Waals surface area contributed by atoms with Gasteiger partial charge in [0.15, 0.2) is 5.76 Å². The summed E-state index contributed by atoms with van der Waals surface area (Å²) in [4.78, 5) is 24.6. The Morgan fingerprint density at radius 2 is 1.79 bits per heavy atom. The van der Waals surface area contributed by atoms with Crippen LogP contribution in [0.25, 0.3) is 32.6 Å². The summed E-state index contributed by atoms with van der Waals surface area (Å²) in [6, 6.07) is 20.3. The van der Waals surface area contributed by atoms with Crippen LogP contribution in [0.3, 0.4) is 0 Å². The molecule has 2 N–H and O–H groups in total. The Balaban J connectivity index is 1.46. The number of furan rings is 1. The number of amides is 1. The summed E-state index contributed by atoms with van der Waals surface area (Å²) in [7, 11) is 0. The third kappa shape index (κ3) is 3.51. The second-order valence-electron chi connectivity index (χ2n) is 8.16. The second kappa shape index (κ2) is 8.51. The molecule has 0 bridgehead atoms. The molecule has 5 aromatic rings. The number of carboxylic acids is 1. The van der Waals surface area contributed by atoms with E-state index < -0.39 is 17.9 Å². The third-order valence-electron chi connectivity index (χ3n) is 6.20. The van der Waals surface area contributed by atoms with Gasteiger partial charge in [0, 0.05) is 27.5 Å². The van der Waals surface area contributed by atoms with Crippen LogP contribution in [0, 0.1) is 6.92 Å². The molecule has 2 heterocycles. The highest BCUT2D eigenvalue weighted by atomic mass is 16.4. The second-order valence-corrected chi connectivity index (χ2v) is 8.16. The van der Waals surface area contributed by atoms with Crippen molar-refractivity contribution in [2.75, 3.05) is 0 Å². The minimum absolute atomic E-state index is 0.166. The molecule has 3 aromatic carbocycles. The molecular weight excluding hydrogens is 430 g/mol. The fourth-order valence-corrected chi connectivity index (χ4v) is 4.56. The quantitative estimate of drug-likeness (QED) is 0.256. The Morgan fingerprint density at radius 3 is 2.56 bits per heavy atom. The summed E-state index contributed by atoms with van der Waals surface area (Å²) in [5.41, 5.74) is 5.50. The van der Waals surface area contributed by atoms with E-state index in [1.165, 1.54) is 0 Å². The number of carbonyl (C=O) groups excluding carboxylic acids is 1. The van der Waals surface area contributed by atoms with Crippen molar-refractivity contribution < 1.29 is 19.1 Å². The van der Waals surface area contributed by atoms with Crippen molar-refractivity contribution in [3.8, 4) is 0 Å². The lowest BCUT2D eigenvalue weighted by molar-refractivity contribution is -0.140. The first-order valence-corrected chi connectivity index (χ1v) is 11.1. The number of para-hydroxylation sites is 1. The van der Waals surface area contributed by atoms with E-state index in [1.54, 1.807) is 12.3 Å². The average Bonchev–Trinajstić information content (AvgIpc) is 3.40. The van der Waals surface area contributed by atoms with Crippen LogP contribution in [-0.4, -0.2) is 27.8 Å². The number of rotatable bonds is 6. The molecule has 7 nitrogen and oxygen atoms in total. The van der Waals surface area contributed by atoms with Gasteiger partial charge in [-0.05, 0) is 42.3 Å². The molecular formula is C27H23N3O4. The summed E-state index contributed by atoms with van der Waals surface area (Å²) >= 11 is 0. The van der Waals surface area contributed by atoms with Gasteiger partial charge >= 0.3 is 11.9 Å². The molecule has 5 rings (SSSR count). The van der Waals surface area contributed by atoms with Crippen LogP contribution in [-0.2, 0) is 4.79 Å². The van der Waals surface area contributed by atoms with E-state index in [0.29, 0.717) is 12.0 Å². The average molecular weight is 453 g/mol. The van der Waals surface area contributed by atoms with Crippen LogP contribution in [0.2, 0.25) is 0 Å². The van der Waals surface area contributed by atoms with Gasteiger partial charge in [0.2, 0.25) is 0 Å². The highest BCUT2D eigenvalue weighted by Crippen LogP contribution is 2.30. The highest BCUT2D eigenvalue weighted by molar-refractivity contribution is 6.09. The monoisotopic (exact) mass is 453 g/mol. The standard InChI is InChI=1S/C27H23N3O4/c1-3-22(27(32)33)30-16(2)21(19-10-6-7-11-23(19)30)15-28-29-26(31)25-14-20-18-9-5-4-8-17(18)12-13-24(20)34-25/h4-15,22H,3H2,1-2H3,(H,29,31)(H,32,33)/b28-15+. The summed E-state index contributed by atoms with van der Waals surface area (Å²) in [5, 5.41) is 17.7. The van der Waals surface area contributed by atoms with Gasteiger partial charge in [-0.3, -0.25) is 4.79 Å². The first-order valence-electron chi connectivity index (χ1n) is 11.1. The minimum atomic E-state index is -0.888. The van der Waals surface area contributed by atoms with Crippen molar-refractivity contribution in [2.45, 2.75) is 26.3 Å². The van der Waals surface area contributed by atoms with E-state index in [0.717, 1.165) is 38.3 Å². The van der Waals surface area contributed by atoms with Crippen molar-refractivity contribution in [1.29, 1.82) is 0 Å². The van der Waals surface area contributed by atoms with Gasteiger partial charge in [-0.2, -0.15) is 5.10 Å². The van der Waals surface area contributed by atoms with Crippen LogP contribution < -0.4 is 5.43 Å². The van der Waals surface area contributed by atoms with E-state index >= 15 is 0 Å². The first-order chi connectivity index (χ1) is 16.5. The number of nitrogens with one attached hydrogen (secondary N) is 1. The molecule has 2 aromatic heterocycles. The molecule has 1 amide bonds. The molecule has 0 radical (unpaired) electrons. The van der Waals surface area contributed by atoms with E-state index in [-0.39, 0.29) is 5.76 Å². The van der Waals surface area contributed by atoms with Crippen molar-refractivity contribution in [1.82, 2.24) is 9.99 Å². The Morgan fingerprint density at radius 1 is 1.06 bits per heavy atom. The molecule has 0 aliphatic carbocycles. The number of aliphatic carboxylic acids is 1. The predicted octanol–water partition coefficient (Wildman–Crippen LogP) is 5.65. The van der Waals surface area contributed by atoms with Crippen LogP contribution >= 0.6 is 0 Å². The molecule has 0 aliphatic heterocycles. The fourth-order valence-electron chi connectivity index (χ4n) is 4.56. The lowest BCUT2D eigenvalue weighted by Crippen LogP contribution is -2.19. The minimum Gasteiger partial charge on any atom is -0.480 e. The summed E-state index contributed by atoms with van der Waals surface area (Å²) in [6.45, 7) is 3.71. The predicted molar refractivity (Wildman–Crippen MR) is 132 cm³/mol. The van der Waals surface area contributed by atoms with Gasteiger partial charge in [0.25, 0.3) is 0 Å². The van der Waals surface area contributed by atoms with Gasteiger partial charge in [-0.15, -0.1) is 0 Å². The molecule has 0 fully saturated rings. The molecule has 7 heteroatoms. The lowest BCUT2D eigenvalue weighted by atomic mass is 10.1. The van der Waals surface area contributed by atoms with Crippen molar-refractivity contribution >= 4 is 50.7 Å². The molecule has 0 aliphatic rings. The van der Waals surface area contributed by atoms with Gasteiger partial charge in [0.1, 0.15) is 11.6 Å². The molecule has 0 saturated heterocycles. The van der Waals surface area contributed by atoms with Gasteiger partial charge in [-0.25, -0.2) is 10.2 Å². The van der Waals surface area contributed by atoms with Crippen molar-refractivity contribution in [3.63, 3.8) is 0 Å². The zero-order valence-electron chi connectivity index (χ0n) is 18.8. The van der Waals surface area contributed by atoms with E-state index in [9.17, 15) is 14.7 Å². The number of carboxylic acid groups (broad SMARTS) is 1. The third-order valence-corrected chi connectivity index (χ3v) is 6.20. The first kappa shape index (κ1) is 21.5. The SMILES string of the molecule is CCC(C(=O)O)n1c(C)c(/C=N/NC(=O)c2cc3c(ccc4ccccc43)o2)c2ccccc21. The number of carbonyl (C=O) groups is 2. The van der Waals surface area contributed by atoms with Crippen LogP contribution in [0.1, 0.15) is 41.2 Å². The maximum absolute atomic E-state index is 12.7. The number of hydrogen-bond acceptors (Lipinski definition) is 4. The Labute approximate surface area is 195 Å². The largest absolute Gasteiger partial charge is 0.480 e. The number of hydrogen-bond donors (Lipinski definition) is 2. The maximum atomic E-state index is 12.7. The molecule has 1 atom stereocenters. The highest BCUT2D eigenvalue weighted by Gasteiger charge is 2.23. The summed E-state index contributed by atoms with van der Waals surface area (Å²) in [6.07, 6.45) is 2.00. The number of benzene rings is 3.